The molecule has 5 rings (SSSR count). The highest BCUT2D eigenvalue weighted by Gasteiger charge is 2.23. The smallest absolute Gasteiger partial charge is 0.407 e. The van der Waals surface area contributed by atoms with E-state index >= 15 is 0 Å². The third kappa shape index (κ3) is 11.4. The Morgan fingerprint density at radius 2 is 1.55 bits per heavy atom. The monoisotopic (exact) mass is 760 g/mol. The van der Waals surface area contributed by atoms with E-state index in [1.165, 1.54) is 0 Å². The van der Waals surface area contributed by atoms with E-state index in [0.717, 1.165) is 58.0 Å². The van der Waals surface area contributed by atoms with E-state index < -0.39 is 22.2 Å². The van der Waals surface area contributed by atoms with Gasteiger partial charge in [-0.3, -0.25) is 9.36 Å². The van der Waals surface area contributed by atoms with Crippen molar-refractivity contribution in [2.45, 2.75) is 91.0 Å². The minimum Gasteiger partial charge on any atom is -0.472 e. The van der Waals surface area contributed by atoms with Gasteiger partial charge >= 0.3 is 6.09 Å². The highest BCUT2D eigenvalue weighted by Crippen LogP contribution is 2.33. The molecule has 12 nitrogen and oxygen atoms in total. The molecule has 14 heteroatoms. The predicted molar refractivity (Wildman–Crippen MR) is 216 cm³/mol. The number of hydrogen-bond acceptors (Lipinski definition) is 8. The summed E-state index contributed by atoms with van der Waals surface area (Å²) in [7, 11) is -2.59. The molecule has 5 aromatic rings. The van der Waals surface area contributed by atoms with Crippen LogP contribution in [0, 0.1) is 0 Å². The van der Waals surface area contributed by atoms with Crippen LogP contribution in [0.25, 0.3) is 44.6 Å². The van der Waals surface area contributed by atoms with Crippen LogP contribution in [-0.4, -0.2) is 80.4 Å². The molecule has 0 saturated carbocycles. The van der Waals surface area contributed by atoms with Crippen molar-refractivity contribution in [1.82, 2.24) is 30.0 Å². The lowest BCUT2D eigenvalue weighted by atomic mass is 10.1. The summed E-state index contributed by atoms with van der Waals surface area (Å²) in [6.07, 6.45) is 5.32. The van der Waals surface area contributed by atoms with Gasteiger partial charge in [0, 0.05) is 59.0 Å². The molecular weight excluding hydrogens is 705 g/mol. The third-order valence-corrected chi connectivity index (χ3v) is 12.3. The zero-order valence-corrected chi connectivity index (χ0v) is 34.4. The SMILES string of the molecule is CCCCOC(=O)NCCCNC(=O)c1ccc2c(c1)c(-c1nc3ccc(-c4ccoc4)cc3n1COCC[Si](C)(C)C)nn2COCC[Si](C)(C)C. The number of benzene rings is 2. The molecule has 286 valence electrons. The molecule has 0 aliphatic heterocycles. The van der Waals surface area contributed by atoms with Gasteiger partial charge in [0.2, 0.25) is 0 Å². The van der Waals surface area contributed by atoms with Gasteiger partial charge in [0.25, 0.3) is 5.91 Å². The number of nitrogens with zero attached hydrogens (tertiary/aromatic N) is 4. The molecule has 0 aliphatic carbocycles. The lowest BCUT2D eigenvalue weighted by Gasteiger charge is -2.16. The van der Waals surface area contributed by atoms with Crippen LogP contribution in [0.1, 0.15) is 36.5 Å². The van der Waals surface area contributed by atoms with Crippen LogP contribution < -0.4 is 10.6 Å². The average Bonchev–Trinajstić information content (AvgIpc) is 3.85. The maximum atomic E-state index is 13.4. The van der Waals surface area contributed by atoms with Crippen molar-refractivity contribution in [3.8, 4) is 22.6 Å². The standard InChI is InChI=1S/C39H56N6O6Si2/c1-8-9-18-51-39(47)41-17-10-16-40-38(46)30-12-14-34-32(24-30)36(43-45(34)28-50-21-23-53(5,6)7)37-42-33-13-11-29(31-15-19-48-26-31)25-35(33)44(37)27-49-20-22-52(2,3)4/h11-15,19,24-26H,8-10,16-18,20-23,27-28H2,1-7H3,(H,40,46)(H,41,47). The summed E-state index contributed by atoms with van der Waals surface area (Å²) in [4.78, 5) is 30.4. The Bertz CT molecular complexity index is 1960. The quantitative estimate of drug-likeness (QED) is 0.0595. The maximum absolute atomic E-state index is 13.4. The normalized spacial score (nSPS) is 12.1. The van der Waals surface area contributed by atoms with Gasteiger partial charge in [-0.2, -0.15) is 5.10 Å². The third-order valence-electron chi connectivity index (χ3n) is 8.89. The Morgan fingerprint density at radius 3 is 2.25 bits per heavy atom. The van der Waals surface area contributed by atoms with Crippen LogP contribution in [0.15, 0.2) is 59.4 Å². The largest absolute Gasteiger partial charge is 0.472 e. The van der Waals surface area contributed by atoms with Crippen LogP contribution in [0.5, 0.6) is 0 Å². The maximum Gasteiger partial charge on any atom is 0.407 e. The van der Waals surface area contributed by atoms with Crippen molar-refractivity contribution in [2.75, 3.05) is 32.9 Å². The van der Waals surface area contributed by atoms with Crippen LogP contribution in [0.4, 0.5) is 4.79 Å². The zero-order chi connectivity index (χ0) is 38.0. The fourth-order valence-corrected chi connectivity index (χ4v) is 7.15. The number of furan rings is 1. The first-order chi connectivity index (χ1) is 25.3. The van der Waals surface area contributed by atoms with Crippen molar-refractivity contribution < 1.29 is 28.2 Å². The van der Waals surface area contributed by atoms with Gasteiger partial charge in [0.1, 0.15) is 19.2 Å². The van der Waals surface area contributed by atoms with E-state index in [4.69, 9.17) is 28.7 Å². The summed E-state index contributed by atoms with van der Waals surface area (Å²) in [6.45, 7) is 19.1. The van der Waals surface area contributed by atoms with Gasteiger partial charge in [-0.25, -0.2) is 14.5 Å². The molecule has 3 aromatic heterocycles. The van der Waals surface area contributed by atoms with Crippen molar-refractivity contribution >= 4 is 50.1 Å². The fraction of sp³-hybridized carbons (Fsp3) is 0.487. The number of imidazole rings is 1. The number of nitrogens with one attached hydrogen (secondary N) is 2. The van der Waals surface area contributed by atoms with Gasteiger partial charge < -0.3 is 29.3 Å². The van der Waals surface area contributed by atoms with Crippen LogP contribution >= 0.6 is 0 Å². The molecule has 0 fully saturated rings. The van der Waals surface area contributed by atoms with Crippen molar-refractivity contribution in [2.24, 2.45) is 0 Å². The first-order valence-corrected chi connectivity index (χ1v) is 26.1. The summed E-state index contributed by atoms with van der Waals surface area (Å²) in [6, 6.07) is 15.8. The highest BCUT2D eigenvalue weighted by molar-refractivity contribution is 6.76. The van der Waals surface area contributed by atoms with Crippen LogP contribution in [0.2, 0.25) is 51.4 Å². The highest BCUT2D eigenvalue weighted by atomic mass is 28.3. The minimum absolute atomic E-state index is 0.213. The second-order valence-corrected chi connectivity index (χ2v) is 27.1. The van der Waals surface area contributed by atoms with E-state index in [0.29, 0.717) is 63.1 Å². The number of unbranched alkanes of at least 4 members (excludes halogenated alkanes) is 1. The van der Waals surface area contributed by atoms with E-state index in [1.807, 2.05) is 48.0 Å². The first-order valence-electron chi connectivity index (χ1n) is 18.7. The Morgan fingerprint density at radius 1 is 0.811 bits per heavy atom. The number of aromatic nitrogens is 4. The molecule has 53 heavy (non-hydrogen) atoms. The summed E-state index contributed by atoms with van der Waals surface area (Å²) in [5.41, 5.74) is 5.70. The Labute approximate surface area is 314 Å². The second kappa shape index (κ2) is 18.2. The molecule has 0 unspecified atom stereocenters. The summed E-state index contributed by atoms with van der Waals surface area (Å²) in [5.74, 6) is 0.438. The van der Waals surface area contributed by atoms with Gasteiger partial charge in [-0.15, -0.1) is 0 Å². The van der Waals surface area contributed by atoms with E-state index in [1.54, 1.807) is 12.5 Å². The molecule has 0 aliphatic rings. The van der Waals surface area contributed by atoms with Gasteiger partial charge in [-0.1, -0.05) is 58.7 Å². The summed E-state index contributed by atoms with van der Waals surface area (Å²) < 4.78 is 27.0. The van der Waals surface area contributed by atoms with Crippen LogP contribution in [-0.2, 0) is 27.7 Å². The molecule has 3 heterocycles. The minimum atomic E-state index is -1.31. The van der Waals surface area contributed by atoms with Crippen molar-refractivity contribution in [1.29, 1.82) is 0 Å². The number of carbonyl (C=O) groups excluding carboxylic acids is 2. The Balaban J connectivity index is 1.45. The Hall–Kier alpha value is -4.25. The topological polar surface area (TPSA) is 135 Å². The van der Waals surface area contributed by atoms with Crippen LogP contribution in [0.3, 0.4) is 0 Å². The summed E-state index contributed by atoms with van der Waals surface area (Å²) >= 11 is 0. The number of rotatable bonds is 20. The molecule has 0 spiro atoms. The fourth-order valence-electron chi connectivity index (χ4n) is 5.63. The molecule has 0 saturated heterocycles. The zero-order valence-electron chi connectivity index (χ0n) is 32.4. The lowest BCUT2D eigenvalue weighted by Crippen LogP contribution is -2.30. The number of amides is 2. The van der Waals surface area contributed by atoms with Gasteiger partial charge in [0.15, 0.2) is 5.82 Å². The molecule has 0 bridgehead atoms. The molecule has 2 amide bonds. The first kappa shape index (κ1) is 39.9. The number of hydrogen-bond donors (Lipinski definition) is 2. The van der Waals surface area contributed by atoms with E-state index in [9.17, 15) is 9.59 Å². The summed E-state index contributed by atoms with van der Waals surface area (Å²) in [5, 5.41) is 11.6. The molecule has 0 radical (unpaired) electrons. The molecule has 2 N–H and O–H groups in total. The number of alkyl carbamates (subject to hydrolysis) is 1. The second-order valence-electron chi connectivity index (χ2n) is 15.9. The Kier molecular flexibility index (Phi) is 13.7. The van der Waals surface area contributed by atoms with E-state index in [2.05, 4.69) is 60.5 Å². The molecular formula is C39H56N6O6Si2. The van der Waals surface area contributed by atoms with Gasteiger partial charge in [-0.05, 0) is 66.9 Å². The van der Waals surface area contributed by atoms with E-state index in [-0.39, 0.29) is 12.6 Å². The van der Waals surface area contributed by atoms with Crippen molar-refractivity contribution in [3.63, 3.8) is 0 Å². The molecule has 2 aromatic carbocycles. The predicted octanol–water partition coefficient (Wildman–Crippen LogP) is 8.58. The average molecular weight is 761 g/mol. The van der Waals surface area contributed by atoms with Crippen molar-refractivity contribution in [3.05, 3.63) is 60.6 Å². The number of fused-ring (bicyclic) bond motifs is 2. The van der Waals surface area contributed by atoms with Gasteiger partial charge in [0.05, 0.1) is 35.7 Å². The molecule has 0 atom stereocenters. The lowest BCUT2D eigenvalue weighted by molar-refractivity contribution is 0.0816. The number of ether oxygens (including phenoxy) is 3. The number of carbonyl (C=O) groups is 2.